The van der Waals surface area contributed by atoms with Gasteiger partial charge < -0.3 is 17.7 Å². The van der Waals surface area contributed by atoms with Crippen LogP contribution in [0.2, 0.25) is 0 Å². The van der Waals surface area contributed by atoms with Crippen molar-refractivity contribution in [2.45, 2.75) is 47.0 Å². The molecule has 0 aliphatic heterocycles. The molecule has 0 aromatic rings. The SMILES string of the molecule is CCCCO[Si](OCC)(OCC)OCCC. The highest BCUT2D eigenvalue weighted by Crippen LogP contribution is 2.13. The Morgan fingerprint density at radius 3 is 1.69 bits per heavy atom. The molecule has 16 heavy (non-hydrogen) atoms. The van der Waals surface area contributed by atoms with Crippen LogP contribution in [0.5, 0.6) is 0 Å². The molecule has 0 bridgehead atoms. The average molecular weight is 250 g/mol. The molecule has 0 atom stereocenters. The first-order valence-electron chi connectivity index (χ1n) is 6.30. The Balaban J connectivity index is 4.24. The number of hydrogen-bond donors (Lipinski definition) is 0. The maximum absolute atomic E-state index is 5.73. The van der Waals surface area contributed by atoms with Crippen LogP contribution >= 0.6 is 0 Å². The normalized spacial score (nSPS) is 12.0. The fourth-order valence-corrected chi connectivity index (χ4v) is 3.23. The van der Waals surface area contributed by atoms with E-state index in [0.29, 0.717) is 26.4 Å². The van der Waals surface area contributed by atoms with E-state index in [0.717, 1.165) is 19.3 Å². The third-order valence-electron chi connectivity index (χ3n) is 1.90. The summed E-state index contributed by atoms with van der Waals surface area (Å²) in [5, 5.41) is 0. The van der Waals surface area contributed by atoms with E-state index in [1.165, 1.54) is 0 Å². The Morgan fingerprint density at radius 1 is 0.688 bits per heavy atom. The van der Waals surface area contributed by atoms with Gasteiger partial charge in [-0.05, 0) is 26.7 Å². The zero-order valence-electron chi connectivity index (χ0n) is 11.1. The second-order valence-electron chi connectivity index (χ2n) is 3.42. The Hall–Kier alpha value is 0.0569. The molecule has 0 fully saturated rings. The Labute approximate surface area is 101 Å². The van der Waals surface area contributed by atoms with Crippen LogP contribution in [0, 0.1) is 0 Å². The Bertz CT molecular complexity index is 149. The summed E-state index contributed by atoms with van der Waals surface area (Å²) in [5.41, 5.74) is 0. The smallest absolute Gasteiger partial charge is 0.351 e. The van der Waals surface area contributed by atoms with Crippen LogP contribution in [0.15, 0.2) is 0 Å². The molecule has 0 aliphatic rings. The molecule has 0 unspecified atom stereocenters. The van der Waals surface area contributed by atoms with E-state index in [9.17, 15) is 0 Å². The first kappa shape index (κ1) is 16.1. The lowest BCUT2D eigenvalue weighted by atomic mass is 10.4. The van der Waals surface area contributed by atoms with Crippen LogP contribution in [0.25, 0.3) is 0 Å². The maximum atomic E-state index is 5.73. The fourth-order valence-electron chi connectivity index (χ4n) is 1.17. The minimum absolute atomic E-state index is 0.558. The molecule has 0 N–H and O–H groups in total. The van der Waals surface area contributed by atoms with Crippen LogP contribution in [-0.4, -0.2) is 35.5 Å². The topological polar surface area (TPSA) is 36.9 Å². The summed E-state index contributed by atoms with van der Waals surface area (Å²) in [5.74, 6) is 0. The minimum atomic E-state index is -2.85. The third-order valence-corrected chi connectivity index (χ3v) is 4.30. The van der Waals surface area contributed by atoms with Gasteiger partial charge in [-0.2, -0.15) is 0 Å². The lowest BCUT2D eigenvalue weighted by molar-refractivity contribution is -0.0303. The maximum Gasteiger partial charge on any atom is 0.679 e. The molecular formula is C11H26O4Si. The molecule has 98 valence electrons. The molecule has 0 spiro atoms. The van der Waals surface area contributed by atoms with Gasteiger partial charge in [0.05, 0.1) is 0 Å². The molecule has 0 aromatic carbocycles. The largest absolute Gasteiger partial charge is 0.679 e. The molecular weight excluding hydrogens is 224 g/mol. The first-order valence-corrected chi connectivity index (χ1v) is 7.93. The zero-order chi connectivity index (χ0) is 12.3. The lowest BCUT2D eigenvalue weighted by Crippen LogP contribution is -2.49. The van der Waals surface area contributed by atoms with Gasteiger partial charge in [-0.25, -0.2) is 0 Å². The van der Waals surface area contributed by atoms with Crippen LogP contribution < -0.4 is 0 Å². The molecule has 5 heteroatoms. The molecule has 0 saturated heterocycles. The number of hydrogen-bond acceptors (Lipinski definition) is 4. The van der Waals surface area contributed by atoms with Crippen molar-refractivity contribution in [3.05, 3.63) is 0 Å². The highest BCUT2D eigenvalue weighted by atomic mass is 28.4. The zero-order valence-corrected chi connectivity index (χ0v) is 12.1. The molecule has 4 nitrogen and oxygen atoms in total. The number of unbranched alkanes of at least 4 members (excludes halogenated alkanes) is 1. The summed E-state index contributed by atoms with van der Waals surface area (Å²) in [6, 6.07) is 0. The van der Waals surface area contributed by atoms with Crippen molar-refractivity contribution in [2.75, 3.05) is 26.4 Å². The van der Waals surface area contributed by atoms with Gasteiger partial charge in [0.15, 0.2) is 0 Å². The van der Waals surface area contributed by atoms with Gasteiger partial charge >= 0.3 is 9.05 Å². The summed E-state index contributed by atoms with van der Waals surface area (Å²) in [7, 11) is -2.85. The Kier molecular flexibility index (Phi) is 10.3. The molecule has 0 aromatic heterocycles. The molecule has 0 aliphatic carbocycles. The highest BCUT2D eigenvalue weighted by Gasteiger charge is 2.44. The van der Waals surface area contributed by atoms with E-state index in [1.54, 1.807) is 0 Å². The van der Waals surface area contributed by atoms with E-state index in [-0.39, 0.29) is 0 Å². The van der Waals surface area contributed by atoms with Crippen LogP contribution in [0.3, 0.4) is 0 Å². The van der Waals surface area contributed by atoms with Crippen molar-refractivity contribution in [2.24, 2.45) is 0 Å². The third kappa shape index (κ3) is 6.60. The first-order chi connectivity index (χ1) is 7.74. The summed E-state index contributed by atoms with van der Waals surface area (Å²) in [4.78, 5) is 0. The monoisotopic (exact) mass is 250 g/mol. The van der Waals surface area contributed by atoms with E-state index >= 15 is 0 Å². The predicted octanol–water partition coefficient (Wildman–Crippen LogP) is 2.74. The van der Waals surface area contributed by atoms with Gasteiger partial charge in [-0.1, -0.05) is 20.3 Å². The van der Waals surface area contributed by atoms with Gasteiger partial charge in [0.25, 0.3) is 0 Å². The van der Waals surface area contributed by atoms with Crippen LogP contribution in [0.1, 0.15) is 47.0 Å². The van der Waals surface area contributed by atoms with Crippen molar-refractivity contribution >= 4 is 9.05 Å². The summed E-state index contributed by atoms with van der Waals surface area (Å²) in [6.45, 7) is 10.4. The van der Waals surface area contributed by atoms with Gasteiger partial charge in [-0.3, -0.25) is 0 Å². The minimum Gasteiger partial charge on any atom is -0.351 e. The molecule has 0 radical (unpaired) electrons. The molecule has 0 heterocycles. The van der Waals surface area contributed by atoms with Crippen molar-refractivity contribution in [3.8, 4) is 0 Å². The lowest BCUT2D eigenvalue weighted by Gasteiger charge is -2.27. The number of rotatable bonds is 11. The van der Waals surface area contributed by atoms with E-state index in [2.05, 4.69) is 13.8 Å². The van der Waals surface area contributed by atoms with Crippen LogP contribution in [-0.2, 0) is 17.7 Å². The highest BCUT2D eigenvalue weighted by molar-refractivity contribution is 6.53. The van der Waals surface area contributed by atoms with E-state index in [4.69, 9.17) is 17.7 Å². The fraction of sp³-hybridized carbons (Fsp3) is 1.00. The van der Waals surface area contributed by atoms with Crippen molar-refractivity contribution in [1.82, 2.24) is 0 Å². The average Bonchev–Trinajstić information content (AvgIpc) is 2.27. The van der Waals surface area contributed by atoms with Crippen LogP contribution in [0.4, 0.5) is 0 Å². The molecule has 0 amide bonds. The second kappa shape index (κ2) is 10.2. The van der Waals surface area contributed by atoms with E-state index in [1.807, 2.05) is 13.8 Å². The summed E-state index contributed by atoms with van der Waals surface area (Å²) >= 11 is 0. The quantitative estimate of drug-likeness (QED) is 0.417. The molecule has 0 saturated carbocycles. The van der Waals surface area contributed by atoms with Gasteiger partial charge in [0, 0.05) is 26.4 Å². The van der Waals surface area contributed by atoms with Gasteiger partial charge in [-0.15, -0.1) is 0 Å². The summed E-state index contributed by atoms with van der Waals surface area (Å²) < 4.78 is 22.6. The summed E-state index contributed by atoms with van der Waals surface area (Å²) in [6.07, 6.45) is 3.03. The molecule has 0 rings (SSSR count). The van der Waals surface area contributed by atoms with Crippen molar-refractivity contribution in [3.63, 3.8) is 0 Å². The second-order valence-corrected chi connectivity index (χ2v) is 5.57. The Morgan fingerprint density at radius 2 is 1.25 bits per heavy atom. The standard InChI is InChI=1S/C11H26O4Si/c1-5-9-11-15-16(12-7-3,13-8-4)14-10-6-2/h5-11H2,1-4H3. The van der Waals surface area contributed by atoms with Crippen molar-refractivity contribution in [1.29, 1.82) is 0 Å². The van der Waals surface area contributed by atoms with Crippen molar-refractivity contribution < 1.29 is 17.7 Å². The van der Waals surface area contributed by atoms with E-state index < -0.39 is 9.05 Å². The van der Waals surface area contributed by atoms with Gasteiger partial charge in [0.2, 0.25) is 0 Å². The van der Waals surface area contributed by atoms with Gasteiger partial charge in [0.1, 0.15) is 0 Å². The predicted molar refractivity (Wildman–Crippen MR) is 66.1 cm³/mol.